The first-order valence-electron chi connectivity index (χ1n) is 6.48. The van der Waals surface area contributed by atoms with Crippen molar-refractivity contribution in [2.24, 2.45) is 15.9 Å². The molecule has 2 rings (SSSR count). The van der Waals surface area contributed by atoms with Crippen molar-refractivity contribution in [2.75, 3.05) is 6.54 Å². The van der Waals surface area contributed by atoms with Crippen molar-refractivity contribution < 1.29 is 0 Å². The molecule has 2 aliphatic heterocycles. The molecule has 0 aromatic carbocycles. The van der Waals surface area contributed by atoms with Crippen LogP contribution in [0, 0.1) is 5.92 Å². The molecule has 0 aliphatic carbocycles. The van der Waals surface area contributed by atoms with Crippen LogP contribution in [-0.4, -0.2) is 36.3 Å². The van der Waals surface area contributed by atoms with Gasteiger partial charge in [0.15, 0.2) is 0 Å². The molecule has 0 aromatic heterocycles. The number of nitrogens with one attached hydrogen (secondary N) is 2. The van der Waals surface area contributed by atoms with E-state index in [9.17, 15) is 0 Å². The maximum atomic E-state index is 4.28. The van der Waals surface area contributed by atoms with Crippen LogP contribution in [0.2, 0.25) is 0 Å². The molecule has 4 heteroatoms. The Bertz CT molecular complexity index is 309. The Morgan fingerprint density at radius 1 is 0.941 bits per heavy atom. The van der Waals surface area contributed by atoms with Gasteiger partial charge < -0.3 is 10.6 Å². The summed E-state index contributed by atoms with van der Waals surface area (Å²) in [5.74, 6) is 2.85. The number of hydrogen-bond acceptors (Lipinski definition) is 4. The van der Waals surface area contributed by atoms with Gasteiger partial charge in [0, 0.05) is 18.6 Å². The maximum Gasteiger partial charge on any atom is 0.0938 e. The number of rotatable bonds is 0. The molecule has 0 radical (unpaired) electrons. The molecule has 4 atom stereocenters. The zero-order valence-corrected chi connectivity index (χ0v) is 11.9. The Morgan fingerprint density at radius 2 is 1.53 bits per heavy atom. The van der Waals surface area contributed by atoms with E-state index >= 15 is 0 Å². The van der Waals surface area contributed by atoms with Gasteiger partial charge in [-0.25, -0.2) is 0 Å². The third kappa shape index (κ3) is 4.36. The zero-order valence-electron chi connectivity index (χ0n) is 11.9. The lowest BCUT2D eigenvalue weighted by Gasteiger charge is -2.25. The van der Waals surface area contributed by atoms with Gasteiger partial charge in [-0.15, -0.1) is 0 Å². The van der Waals surface area contributed by atoms with E-state index in [-0.39, 0.29) is 0 Å². The summed E-state index contributed by atoms with van der Waals surface area (Å²) >= 11 is 0. The highest BCUT2D eigenvalue weighted by molar-refractivity contribution is 5.81. The monoisotopic (exact) mass is 238 g/mol. The van der Waals surface area contributed by atoms with Crippen molar-refractivity contribution in [1.82, 2.24) is 10.6 Å². The zero-order chi connectivity index (χ0) is 13.0. The van der Waals surface area contributed by atoms with E-state index in [4.69, 9.17) is 0 Å². The number of amidine groups is 2. The van der Waals surface area contributed by atoms with E-state index in [1.807, 2.05) is 13.8 Å². The molecule has 0 saturated heterocycles. The van der Waals surface area contributed by atoms with Crippen LogP contribution in [0.1, 0.15) is 41.5 Å². The van der Waals surface area contributed by atoms with Gasteiger partial charge in [0.2, 0.25) is 0 Å². The van der Waals surface area contributed by atoms with Gasteiger partial charge in [-0.2, -0.15) is 0 Å². The predicted octanol–water partition coefficient (Wildman–Crippen LogP) is 1.82. The van der Waals surface area contributed by atoms with E-state index in [2.05, 4.69) is 48.3 Å². The minimum Gasteiger partial charge on any atom is -0.371 e. The van der Waals surface area contributed by atoms with Crippen LogP contribution >= 0.6 is 0 Å². The van der Waals surface area contributed by atoms with E-state index in [0.29, 0.717) is 24.0 Å². The van der Waals surface area contributed by atoms with Crippen molar-refractivity contribution in [1.29, 1.82) is 0 Å². The molecule has 2 N–H and O–H groups in total. The Morgan fingerprint density at radius 3 is 1.82 bits per heavy atom. The molecular weight excluding hydrogens is 212 g/mol. The first-order valence-corrected chi connectivity index (χ1v) is 6.48. The van der Waals surface area contributed by atoms with Crippen molar-refractivity contribution in [2.45, 2.75) is 59.7 Å². The average Bonchev–Trinajstić information content (AvgIpc) is 2.52. The molecule has 0 aromatic rings. The molecule has 0 amide bonds. The summed E-state index contributed by atoms with van der Waals surface area (Å²) < 4.78 is 0. The van der Waals surface area contributed by atoms with Gasteiger partial charge in [0.1, 0.15) is 0 Å². The lowest BCUT2D eigenvalue weighted by atomic mass is 10.0. The van der Waals surface area contributed by atoms with Crippen LogP contribution in [0.4, 0.5) is 0 Å². The first-order chi connectivity index (χ1) is 7.90. The Kier molecular flexibility index (Phi) is 4.97. The predicted molar refractivity (Wildman–Crippen MR) is 74.9 cm³/mol. The van der Waals surface area contributed by atoms with Crippen molar-refractivity contribution in [3.63, 3.8) is 0 Å². The van der Waals surface area contributed by atoms with Gasteiger partial charge >= 0.3 is 0 Å². The van der Waals surface area contributed by atoms with Gasteiger partial charge in [-0.1, -0.05) is 6.92 Å². The topological polar surface area (TPSA) is 48.8 Å². The molecule has 0 bridgehead atoms. The van der Waals surface area contributed by atoms with Crippen LogP contribution in [0.15, 0.2) is 9.98 Å². The fourth-order valence-electron chi connectivity index (χ4n) is 1.86. The Hall–Kier alpha value is -1.06. The third-order valence-electron chi connectivity index (χ3n) is 3.46. The third-order valence-corrected chi connectivity index (χ3v) is 3.46. The number of nitrogens with zero attached hydrogens (tertiary/aromatic N) is 2. The van der Waals surface area contributed by atoms with Gasteiger partial charge in [0.25, 0.3) is 0 Å². The lowest BCUT2D eigenvalue weighted by Crippen LogP contribution is -2.40. The van der Waals surface area contributed by atoms with Crippen LogP contribution in [-0.2, 0) is 0 Å². The van der Waals surface area contributed by atoms with E-state index in [1.165, 1.54) is 0 Å². The standard InChI is InChI=1S/C7H14N2.C6H12N2/c1-5-4-8-7(3)9-6(5)2;1-4-5(2)8-6(3)7-4/h5-6H,4H2,1-3H3,(H,8,9);4-5H,1-3H3,(H,7,8). The summed E-state index contributed by atoms with van der Waals surface area (Å²) in [6.07, 6.45) is 0. The average molecular weight is 238 g/mol. The van der Waals surface area contributed by atoms with Crippen molar-refractivity contribution >= 4 is 11.7 Å². The molecule has 4 nitrogen and oxygen atoms in total. The quantitative estimate of drug-likeness (QED) is 0.676. The smallest absolute Gasteiger partial charge is 0.0938 e. The summed E-state index contributed by atoms with van der Waals surface area (Å²) in [6, 6.07) is 1.60. The fourth-order valence-corrected chi connectivity index (χ4v) is 1.86. The molecule has 4 unspecified atom stereocenters. The molecule has 0 spiro atoms. The molecule has 0 fully saturated rings. The van der Waals surface area contributed by atoms with E-state index < -0.39 is 0 Å². The first kappa shape index (κ1) is 14.0. The molecule has 17 heavy (non-hydrogen) atoms. The van der Waals surface area contributed by atoms with Gasteiger partial charge in [0.05, 0.1) is 17.7 Å². The Balaban J connectivity index is 0.000000171. The number of aliphatic imine (C=N–C) groups is 2. The fraction of sp³-hybridized carbons (Fsp3) is 0.846. The number of hydrogen-bond donors (Lipinski definition) is 2. The lowest BCUT2D eigenvalue weighted by molar-refractivity contribution is 0.438. The molecule has 2 heterocycles. The highest BCUT2D eigenvalue weighted by atomic mass is 15.1. The summed E-state index contributed by atoms with van der Waals surface area (Å²) in [6.45, 7) is 13.7. The normalized spacial score (nSPS) is 35.9. The maximum absolute atomic E-state index is 4.28. The minimum absolute atomic E-state index is 0.468. The van der Waals surface area contributed by atoms with E-state index in [0.717, 1.165) is 18.2 Å². The second kappa shape index (κ2) is 6.03. The van der Waals surface area contributed by atoms with Crippen LogP contribution < -0.4 is 10.6 Å². The molecule has 98 valence electrons. The second-order valence-corrected chi connectivity index (χ2v) is 5.22. The largest absolute Gasteiger partial charge is 0.371 e. The van der Waals surface area contributed by atoms with Gasteiger partial charge in [-0.05, 0) is 40.5 Å². The second-order valence-electron chi connectivity index (χ2n) is 5.22. The van der Waals surface area contributed by atoms with Crippen LogP contribution in [0.5, 0.6) is 0 Å². The summed E-state index contributed by atoms with van der Waals surface area (Å²) in [7, 11) is 0. The van der Waals surface area contributed by atoms with Crippen LogP contribution in [0.3, 0.4) is 0 Å². The molecule has 0 saturated carbocycles. The van der Waals surface area contributed by atoms with E-state index in [1.54, 1.807) is 0 Å². The summed E-state index contributed by atoms with van der Waals surface area (Å²) in [4.78, 5) is 8.54. The van der Waals surface area contributed by atoms with Crippen molar-refractivity contribution in [3.8, 4) is 0 Å². The summed E-state index contributed by atoms with van der Waals surface area (Å²) in [5, 5.41) is 6.50. The summed E-state index contributed by atoms with van der Waals surface area (Å²) in [5.41, 5.74) is 0. The van der Waals surface area contributed by atoms with Crippen molar-refractivity contribution in [3.05, 3.63) is 0 Å². The van der Waals surface area contributed by atoms with Gasteiger partial charge in [-0.3, -0.25) is 9.98 Å². The highest BCUT2D eigenvalue weighted by Crippen LogP contribution is 2.06. The highest BCUT2D eigenvalue weighted by Gasteiger charge is 2.16. The SMILES string of the molecule is CC1=NC(C)C(C)N1.CC1=NCC(C)C(C)N1. The molecule has 2 aliphatic rings. The Labute approximate surface area is 105 Å². The minimum atomic E-state index is 0.468. The van der Waals surface area contributed by atoms with Crippen LogP contribution in [0.25, 0.3) is 0 Å². The molecular formula is C13H26N4.